The number of aliphatic carboxylic acids is 1. The topological polar surface area (TPSA) is 89.9 Å². The molecule has 0 heterocycles. The van der Waals surface area contributed by atoms with Crippen molar-refractivity contribution in [3.05, 3.63) is 59.7 Å². The number of carbonyl (C=O) groups is 3. The van der Waals surface area contributed by atoms with Crippen LogP contribution in [0.4, 0.5) is 0 Å². The Balaban J connectivity index is 2.15. The van der Waals surface area contributed by atoms with Crippen LogP contribution >= 0.6 is 0 Å². The van der Waals surface area contributed by atoms with Gasteiger partial charge < -0.3 is 14.6 Å². The quantitative estimate of drug-likeness (QED) is 0.548. The van der Waals surface area contributed by atoms with Gasteiger partial charge in [-0.3, -0.25) is 14.4 Å². The zero-order valence-electron chi connectivity index (χ0n) is 14.6. The van der Waals surface area contributed by atoms with Gasteiger partial charge in [-0.2, -0.15) is 0 Å². The zero-order chi connectivity index (χ0) is 19.1. The summed E-state index contributed by atoms with van der Waals surface area (Å²) in [5.41, 5.74) is 0.692. The molecule has 0 saturated carbocycles. The van der Waals surface area contributed by atoms with Crippen LogP contribution in [0, 0.1) is 5.92 Å². The minimum absolute atomic E-state index is 0.0278. The minimum Gasteiger partial charge on any atom is -0.493 e. The number of carboxylic acids is 1. The lowest BCUT2D eigenvalue weighted by Crippen LogP contribution is -2.25. The van der Waals surface area contributed by atoms with Gasteiger partial charge in [-0.1, -0.05) is 30.3 Å². The lowest BCUT2D eigenvalue weighted by Gasteiger charge is -2.13. The highest BCUT2D eigenvalue weighted by atomic mass is 16.5. The number of hydrogen-bond donors (Lipinski definition) is 1. The molecular formula is C20H20O6. The largest absolute Gasteiger partial charge is 0.493 e. The molecule has 0 spiro atoms. The zero-order valence-corrected chi connectivity index (χ0v) is 14.6. The van der Waals surface area contributed by atoms with Gasteiger partial charge >= 0.3 is 5.97 Å². The Bertz CT molecular complexity index is 797. The van der Waals surface area contributed by atoms with Gasteiger partial charge in [-0.05, 0) is 24.6 Å². The average Bonchev–Trinajstić information content (AvgIpc) is 2.67. The molecule has 0 aliphatic carbocycles. The Labute approximate surface area is 151 Å². The fourth-order valence-electron chi connectivity index (χ4n) is 2.60. The van der Waals surface area contributed by atoms with Gasteiger partial charge in [0.2, 0.25) is 0 Å². The molecule has 1 atom stereocenters. The van der Waals surface area contributed by atoms with Crippen molar-refractivity contribution in [1.82, 2.24) is 0 Å². The van der Waals surface area contributed by atoms with Crippen molar-refractivity contribution in [2.45, 2.75) is 12.8 Å². The molecule has 0 radical (unpaired) electrons. The maximum absolute atomic E-state index is 12.6. The summed E-state index contributed by atoms with van der Waals surface area (Å²) in [7, 11) is 2.90. The minimum atomic E-state index is -1.30. The van der Waals surface area contributed by atoms with Crippen LogP contribution in [0.25, 0.3) is 0 Å². The highest BCUT2D eigenvalue weighted by molar-refractivity contribution is 6.09. The molecule has 136 valence electrons. The van der Waals surface area contributed by atoms with E-state index in [-0.39, 0.29) is 24.2 Å². The van der Waals surface area contributed by atoms with Crippen LogP contribution in [0.15, 0.2) is 48.5 Å². The Morgan fingerprint density at radius 1 is 0.923 bits per heavy atom. The van der Waals surface area contributed by atoms with E-state index < -0.39 is 17.7 Å². The summed E-state index contributed by atoms with van der Waals surface area (Å²) >= 11 is 0. The van der Waals surface area contributed by atoms with Crippen LogP contribution in [0.2, 0.25) is 0 Å². The maximum Gasteiger partial charge on any atom is 0.314 e. The van der Waals surface area contributed by atoms with Crippen molar-refractivity contribution in [3.8, 4) is 11.5 Å². The molecule has 6 nitrogen and oxygen atoms in total. The number of methoxy groups -OCH3 is 2. The first kappa shape index (κ1) is 19.2. The highest BCUT2D eigenvalue weighted by Gasteiger charge is 2.28. The van der Waals surface area contributed by atoms with Crippen molar-refractivity contribution >= 4 is 17.5 Å². The van der Waals surface area contributed by atoms with Crippen molar-refractivity contribution in [2.24, 2.45) is 5.92 Å². The second-order valence-electron chi connectivity index (χ2n) is 5.65. The maximum atomic E-state index is 12.6. The molecule has 0 amide bonds. The van der Waals surface area contributed by atoms with Crippen molar-refractivity contribution in [2.75, 3.05) is 14.2 Å². The standard InChI is InChI=1S/C20H20O6/c1-25-17-11-8-14(12-18(17)26-2)19(22)15(20(23)24)9-10-16(21)13-6-4-3-5-7-13/h3-8,11-12,15H,9-10H2,1-2H3,(H,23,24). The van der Waals surface area contributed by atoms with Crippen molar-refractivity contribution in [3.63, 3.8) is 0 Å². The summed E-state index contributed by atoms with van der Waals surface area (Å²) in [4.78, 5) is 36.3. The normalized spacial score (nSPS) is 11.5. The second-order valence-corrected chi connectivity index (χ2v) is 5.65. The molecular weight excluding hydrogens is 336 g/mol. The highest BCUT2D eigenvalue weighted by Crippen LogP contribution is 2.29. The van der Waals surface area contributed by atoms with Gasteiger partial charge in [0.15, 0.2) is 23.1 Å². The van der Waals surface area contributed by atoms with Gasteiger partial charge in [0, 0.05) is 17.5 Å². The number of ether oxygens (including phenoxy) is 2. The molecule has 2 aromatic carbocycles. The first-order chi connectivity index (χ1) is 12.5. The molecule has 0 fully saturated rings. The molecule has 0 bridgehead atoms. The number of rotatable bonds is 9. The molecule has 2 rings (SSSR count). The molecule has 0 aromatic heterocycles. The Kier molecular flexibility index (Phi) is 6.49. The van der Waals surface area contributed by atoms with E-state index in [1.54, 1.807) is 36.4 Å². The summed E-state index contributed by atoms with van der Waals surface area (Å²) in [5, 5.41) is 9.43. The van der Waals surface area contributed by atoms with Crippen LogP contribution in [0.5, 0.6) is 11.5 Å². The van der Waals surface area contributed by atoms with E-state index in [9.17, 15) is 19.5 Å². The third-order valence-electron chi connectivity index (χ3n) is 4.04. The van der Waals surface area contributed by atoms with Crippen LogP contribution < -0.4 is 9.47 Å². The molecule has 0 saturated heterocycles. The van der Waals surface area contributed by atoms with Crippen molar-refractivity contribution in [1.29, 1.82) is 0 Å². The molecule has 6 heteroatoms. The Morgan fingerprint density at radius 2 is 1.58 bits per heavy atom. The lowest BCUT2D eigenvalue weighted by molar-refractivity contribution is -0.140. The number of ketones is 2. The Hall–Kier alpha value is -3.15. The molecule has 2 aromatic rings. The molecule has 0 aliphatic heterocycles. The van der Waals surface area contributed by atoms with Gasteiger partial charge in [-0.15, -0.1) is 0 Å². The summed E-state index contributed by atoms with van der Waals surface area (Å²) in [6.07, 6.45) is -0.101. The van der Waals surface area contributed by atoms with Crippen molar-refractivity contribution < 1.29 is 29.0 Å². The summed E-state index contributed by atoms with van der Waals surface area (Å²) < 4.78 is 10.3. The summed E-state index contributed by atoms with van der Waals surface area (Å²) in [6.45, 7) is 0. The van der Waals surface area contributed by atoms with Crippen LogP contribution in [0.3, 0.4) is 0 Å². The van der Waals surface area contributed by atoms with E-state index in [1.807, 2.05) is 0 Å². The van der Waals surface area contributed by atoms with Gasteiger partial charge in [0.1, 0.15) is 5.92 Å². The number of Topliss-reactive ketones (excluding diaryl/α,β-unsaturated/α-hetero) is 2. The van der Waals surface area contributed by atoms with E-state index in [2.05, 4.69) is 0 Å². The first-order valence-corrected chi connectivity index (χ1v) is 8.05. The fraction of sp³-hybridized carbons (Fsp3) is 0.250. The predicted molar refractivity (Wildman–Crippen MR) is 95.0 cm³/mol. The lowest BCUT2D eigenvalue weighted by atomic mass is 9.91. The van der Waals surface area contributed by atoms with Gasteiger partial charge in [0.25, 0.3) is 0 Å². The number of carboxylic acid groups (broad SMARTS) is 1. The third kappa shape index (κ3) is 4.47. The number of benzene rings is 2. The molecule has 1 unspecified atom stereocenters. The fourth-order valence-corrected chi connectivity index (χ4v) is 2.60. The summed E-state index contributed by atoms with van der Waals surface area (Å²) in [5.74, 6) is -2.55. The van der Waals surface area contributed by atoms with Gasteiger partial charge in [0.05, 0.1) is 14.2 Å². The van der Waals surface area contributed by atoms with E-state index >= 15 is 0 Å². The summed E-state index contributed by atoms with van der Waals surface area (Å²) in [6, 6.07) is 13.0. The van der Waals surface area contributed by atoms with Gasteiger partial charge in [-0.25, -0.2) is 0 Å². The molecule has 0 aliphatic rings. The Morgan fingerprint density at radius 3 is 2.15 bits per heavy atom. The average molecular weight is 356 g/mol. The van der Waals surface area contributed by atoms with Crippen LogP contribution in [-0.4, -0.2) is 36.9 Å². The van der Waals surface area contributed by atoms with E-state index in [0.717, 1.165) is 0 Å². The van der Waals surface area contributed by atoms with Crippen LogP contribution in [0.1, 0.15) is 33.6 Å². The monoisotopic (exact) mass is 356 g/mol. The SMILES string of the molecule is COc1ccc(C(=O)C(CCC(=O)c2ccccc2)C(=O)O)cc1OC. The van der Waals surface area contributed by atoms with E-state index in [4.69, 9.17) is 9.47 Å². The molecule has 1 N–H and O–H groups in total. The van der Waals surface area contributed by atoms with E-state index in [0.29, 0.717) is 17.1 Å². The number of hydrogen-bond acceptors (Lipinski definition) is 5. The first-order valence-electron chi connectivity index (χ1n) is 8.05. The molecule has 26 heavy (non-hydrogen) atoms. The second kappa shape index (κ2) is 8.80. The van der Waals surface area contributed by atoms with E-state index in [1.165, 1.54) is 26.4 Å². The third-order valence-corrected chi connectivity index (χ3v) is 4.04. The van der Waals surface area contributed by atoms with Crippen LogP contribution in [-0.2, 0) is 4.79 Å². The smallest absolute Gasteiger partial charge is 0.314 e. The predicted octanol–water partition coefficient (Wildman–Crippen LogP) is 3.25. The number of carbonyl (C=O) groups excluding carboxylic acids is 2.